The van der Waals surface area contributed by atoms with Crippen LogP contribution < -0.4 is 0 Å². The third-order valence-electron chi connectivity index (χ3n) is 6.30. The van der Waals surface area contributed by atoms with Crippen LogP contribution in [0.25, 0.3) is 0 Å². The Balaban J connectivity index is 2.84. The lowest BCUT2D eigenvalue weighted by molar-refractivity contribution is -0.316. The maximum atomic E-state index is 11.5. The molecule has 184 valence electrons. The van der Waals surface area contributed by atoms with Crippen LogP contribution in [0.3, 0.4) is 0 Å². The molecule has 1 rings (SSSR count). The van der Waals surface area contributed by atoms with Crippen LogP contribution in [0.15, 0.2) is 0 Å². The van der Waals surface area contributed by atoms with E-state index in [1.165, 1.54) is 39.0 Å². The van der Waals surface area contributed by atoms with E-state index >= 15 is 0 Å². The molecule has 1 saturated heterocycles. The fraction of sp³-hybridized carbons (Fsp3) is 0.963. The number of nitrogens with zero attached hydrogens (tertiary/aromatic N) is 1. The first kappa shape index (κ1) is 28.4. The van der Waals surface area contributed by atoms with Gasteiger partial charge in [0.15, 0.2) is 0 Å². The molecule has 1 aliphatic rings. The molecule has 0 amide bonds. The van der Waals surface area contributed by atoms with Crippen LogP contribution in [0.2, 0.25) is 0 Å². The monoisotopic (exact) mass is 439 g/mol. The lowest BCUT2D eigenvalue weighted by Crippen LogP contribution is -2.62. The molecule has 4 nitrogen and oxygen atoms in total. The largest absolute Gasteiger partial charge is 0.462 e. The summed E-state index contributed by atoms with van der Waals surface area (Å²) in [6, 6.07) is 0. The lowest BCUT2D eigenvalue weighted by Gasteiger charge is -2.54. The summed E-state index contributed by atoms with van der Waals surface area (Å²) in [6.45, 7) is 24.3. The van der Waals surface area contributed by atoms with Gasteiger partial charge in [0.2, 0.25) is 0 Å². The molecular weight excluding hydrogens is 386 g/mol. The van der Waals surface area contributed by atoms with Crippen molar-refractivity contribution in [3.05, 3.63) is 0 Å². The third kappa shape index (κ3) is 11.2. The molecule has 1 aliphatic heterocycles. The Morgan fingerprint density at radius 1 is 0.871 bits per heavy atom. The molecule has 0 spiro atoms. The molecule has 31 heavy (non-hydrogen) atoms. The Morgan fingerprint density at radius 2 is 1.32 bits per heavy atom. The van der Waals surface area contributed by atoms with E-state index in [2.05, 4.69) is 74.3 Å². The molecule has 1 heterocycles. The highest BCUT2D eigenvalue weighted by atomic mass is 16.7. The average Bonchev–Trinajstić information content (AvgIpc) is 2.50. The summed E-state index contributed by atoms with van der Waals surface area (Å²) in [5.41, 5.74) is 0.383. The Bertz CT molecular complexity index is 536. The summed E-state index contributed by atoms with van der Waals surface area (Å²) in [7, 11) is 0. The summed E-state index contributed by atoms with van der Waals surface area (Å²) in [5, 5.41) is 2.24. The molecule has 0 aromatic heterocycles. The number of esters is 1. The Labute approximate surface area is 193 Å². The Kier molecular flexibility index (Phi) is 10.1. The standard InChI is InChI=1S/C27H53NO3/c1-21(29)30-23-19-26(8,9)28(27(10,11)20-23)31-22(16-14-18-25(5,6)7)15-12-13-17-24(2,3)4/h22-23H,12-20H2,1-11H3. The van der Waals surface area contributed by atoms with E-state index in [0.29, 0.717) is 10.8 Å². The predicted octanol–water partition coefficient (Wildman–Crippen LogP) is 7.69. The van der Waals surface area contributed by atoms with Crippen LogP contribution in [-0.4, -0.2) is 34.3 Å². The van der Waals surface area contributed by atoms with E-state index in [9.17, 15) is 4.79 Å². The summed E-state index contributed by atoms with van der Waals surface area (Å²) < 4.78 is 5.61. The zero-order chi connectivity index (χ0) is 24.1. The molecule has 1 fully saturated rings. The van der Waals surface area contributed by atoms with Gasteiger partial charge < -0.3 is 4.74 Å². The first-order chi connectivity index (χ1) is 13.9. The fourth-order valence-corrected chi connectivity index (χ4v) is 5.06. The van der Waals surface area contributed by atoms with Gasteiger partial charge in [0.25, 0.3) is 0 Å². The van der Waals surface area contributed by atoms with E-state index in [1.807, 2.05) is 0 Å². The summed E-state index contributed by atoms with van der Waals surface area (Å²) in [6.07, 6.45) is 10.1. The van der Waals surface area contributed by atoms with Crippen molar-refractivity contribution in [3.8, 4) is 0 Å². The van der Waals surface area contributed by atoms with Crippen molar-refractivity contribution >= 4 is 5.97 Å². The molecule has 0 aromatic carbocycles. The minimum atomic E-state index is -0.190. The van der Waals surface area contributed by atoms with Crippen molar-refractivity contribution in [2.24, 2.45) is 10.8 Å². The second kappa shape index (κ2) is 11.0. The molecule has 1 atom stereocenters. The number of hydrogen-bond acceptors (Lipinski definition) is 4. The Morgan fingerprint density at radius 3 is 1.77 bits per heavy atom. The number of piperidine rings is 1. The van der Waals surface area contributed by atoms with Crippen molar-refractivity contribution in [1.82, 2.24) is 5.06 Å². The van der Waals surface area contributed by atoms with Crippen molar-refractivity contribution in [3.63, 3.8) is 0 Å². The first-order valence-electron chi connectivity index (χ1n) is 12.6. The molecule has 0 bridgehead atoms. The predicted molar refractivity (Wildman–Crippen MR) is 131 cm³/mol. The molecule has 0 aliphatic carbocycles. The van der Waals surface area contributed by atoms with Gasteiger partial charge in [-0.15, -0.1) is 0 Å². The molecule has 0 radical (unpaired) electrons. The van der Waals surface area contributed by atoms with E-state index in [1.54, 1.807) is 0 Å². The lowest BCUT2D eigenvalue weighted by atomic mass is 9.80. The zero-order valence-electron chi connectivity index (χ0n) is 22.7. The van der Waals surface area contributed by atoms with Gasteiger partial charge in [-0.3, -0.25) is 9.63 Å². The van der Waals surface area contributed by atoms with Crippen molar-refractivity contribution < 1.29 is 14.4 Å². The molecule has 0 saturated carbocycles. The molecular formula is C27H53NO3. The van der Waals surface area contributed by atoms with Crippen LogP contribution in [0.5, 0.6) is 0 Å². The van der Waals surface area contributed by atoms with Crippen LogP contribution >= 0.6 is 0 Å². The van der Waals surface area contributed by atoms with Crippen molar-refractivity contribution in [1.29, 1.82) is 0 Å². The summed E-state index contributed by atoms with van der Waals surface area (Å²) >= 11 is 0. The molecule has 0 N–H and O–H groups in total. The van der Waals surface area contributed by atoms with Gasteiger partial charge in [0.05, 0.1) is 6.10 Å². The smallest absolute Gasteiger partial charge is 0.302 e. The number of carbonyl (C=O) groups is 1. The highest BCUT2D eigenvalue weighted by Crippen LogP contribution is 2.41. The summed E-state index contributed by atoms with van der Waals surface area (Å²) in [4.78, 5) is 18.4. The van der Waals surface area contributed by atoms with Crippen LogP contribution in [0.1, 0.15) is 134 Å². The minimum absolute atomic E-state index is 0.0477. The Hall–Kier alpha value is -0.610. The number of hydroxylamine groups is 2. The van der Waals surface area contributed by atoms with Gasteiger partial charge in [-0.05, 0) is 64.2 Å². The van der Waals surface area contributed by atoms with Crippen molar-refractivity contribution in [2.75, 3.05) is 0 Å². The number of hydrogen-bond donors (Lipinski definition) is 0. The van der Waals surface area contributed by atoms with Gasteiger partial charge in [-0.25, -0.2) is 0 Å². The molecule has 1 unspecified atom stereocenters. The van der Waals surface area contributed by atoms with Gasteiger partial charge >= 0.3 is 5.97 Å². The maximum absolute atomic E-state index is 11.5. The average molecular weight is 440 g/mol. The number of carbonyl (C=O) groups excluding carboxylic acids is 1. The van der Waals surface area contributed by atoms with Crippen LogP contribution in [-0.2, 0) is 14.4 Å². The number of unbranched alkanes of at least 4 members (excludes halogenated alkanes) is 1. The second-order valence-corrected chi connectivity index (χ2v) is 13.5. The quantitative estimate of drug-likeness (QED) is 0.258. The fourth-order valence-electron chi connectivity index (χ4n) is 5.06. The third-order valence-corrected chi connectivity index (χ3v) is 6.30. The summed E-state index contributed by atoms with van der Waals surface area (Å²) in [5.74, 6) is -0.190. The van der Waals surface area contributed by atoms with Gasteiger partial charge in [0.1, 0.15) is 6.10 Å². The van der Waals surface area contributed by atoms with Gasteiger partial charge in [-0.2, -0.15) is 5.06 Å². The van der Waals surface area contributed by atoms with Gasteiger partial charge in [-0.1, -0.05) is 60.8 Å². The highest BCUT2D eigenvalue weighted by Gasteiger charge is 2.48. The van der Waals surface area contributed by atoms with Crippen molar-refractivity contribution in [2.45, 2.75) is 157 Å². The zero-order valence-corrected chi connectivity index (χ0v) is 22.7. The van der Waals surface area contributed by atoms with Crippen LogP contribution in [0, 0.1) is 10.8 Å². The normalized spacial score (nSPS) is 21.1. The first-order valence-corrected chi connectivity index (χ1v) is 12.6. The van der Waals surface area contributed by atoms with E-state index < -0.39 is 0 Å². The van der Waals surface area contributed by atoms with E-state index in [4.69, 9.17) is 9.57 Å². The van der Waals surface area contributed by atoms with E-state index in [-0.39, 0.29) is 29.3 Å². The minimum Gasteiger partial charge on any atom is -0.462 e. The number of ether oxygens (including phenoxy) is 1. The van der Waals surface area contributed by atoms with E-state index in [0.717, 1.165) is 25.7 Å². The molecule has 4 heteroatoms. The maximum Gasteiger partial charge on any atom is 0.302 e. The second-order valence-electron chi connectivity index (χ2n) is 13.5. The van der Waals surface area contributed by atoms with Crippen LogP contribution in [0.4, 0.5) is 0 Å². The molecule has 0 aromatic rings. The topological polar surface area (TPSA) is 38.8 Å². The SMILES string of the molecule is CC(=O)OC1CC(C)(C)N(OC(CCCCC(C)(C)C)CCCC(C)(C)C)C(C)(C)C1. The highest BCUT2D eigenvalue weighted by molar-refractivity contribution is 5.66. The van der Waals surface area contributed by atoms with Gasteiger partial charge in [0, 0.05) is 30.8 Å². The number of rotatable bonds is 10.